The van der Waals surface area contributed by atoms with E-state index in [9.17, 15) is 12.8 Å². The molecule has 0 saturated carbocycles. The molecule has 0 fully saturated rings. The third-order valence-electron chi connectivity index (χ3n) is 2.59. The molecular weight excluding hydrogens is 281 g/mol. The molecule has 0 aliphatic heterocycles. The fourth-order valence-electron chi connectivity index (χ4n) is 1.59. The van der Waals surface area contributed by atoms with Crippen LogP contribution in [0.1, 0.15) is 19.4 Å². The Morgan fingerprint density at radius 1 is 1.33 bits per heavy atom. The van der Waals surface area contributed by atoms with Crippen LogP contribution in [0.4, 0.5) is 4.39 Å². The number of hydrogen-bond acceptors (Lipinski definition) is 3. The molecule has 102 valence electrons. The second-order valence-electron chi connectivity index (χ2n) is 3.63. The molecule has 0 bridgehead atoms. The van der Waals surface area contributed by atoms with Crippen molar-refractivity contribution in [3.63, 3.8) is 0 Å². The molecule has 0 amide bonds. The van der Waals surface area contributed by atoms with Crippen molar-refractivity contribution in [2.45, 2.75) is 25.3 Å². The van der Waals surface area contributed by atoms with Crippen LogP contribution in [0.25, 0.3) is 0 Å². The molecule has 0 radical (unpaired) electrons. The topological polar surface area (TPSA) is 57.6 Å². The third kappa shape index (κ3) is 2.83. The van der Waals surface area contributed by atoms with Crippen molar-refractivity contribution in [3.05, 3.63) is 28.5 Å². The van der Waals surface area contributed by atoms with Crippen molar-refractivity contribution in [2.24, 2.45) is 0 Å². The standard InChI is InChI=1S/C11H15ClFNO3S/c1-3-14(4-2)18(16,17)9-5-8(7-15)11(12)10(13)6-9/h5-6,15H,3-4,7H2,1-2H3. The van der Waals surface area contributed by atoms with Crippen LogP contribution in [0.15, 0.2) is 17.0 Å². The van der Waals surface area contributed by atoms with Gasteiger partial charge in [-0.2, -0.15) is 4.31 Å². The van der Waals surface area contributed by atoms with Gasteiger partial charge in [-0.25, -0.2) is 12.8 Å². The molecule has 0 aromatic heterocycles. The van der Waals surface area contributed by atoms with Crippen molar-refractivity contribution < 1.29 is 17.9 Å². The Morgan fingerprint density at radius 2 is 1.89 bits per heavy atom. The smallest absolute Gasteiger partial charge is 0.243 e. The normalized spacial score (nSPS) is 12.1. The van der Waals surface area contributed by atoms with E-state index < -0.39 is 22.4 Å². The van der Waals surface area contributed by atoms with Gasteiger partial charge in [-0.05, 0) is 12.1 Å². The number of rotatable bonds is 5. The summed E-state index contributed by atoms with van der Waals surface area (Å²) < 4.78 is 39.0. The summed E-state index contributed by atoms with van der Waals surface area (Å²) in [5.74, 6) is -0.853. The zero-order valence-electron chi connectivity index (χ0n) is 10.2. The zero-order chi connectivity index (χ0) is 13.9. The molecule has 1 N–H and O–H groups in total. The van der Waals surface area contributed by atoms with Gasteiger partial charge in [0.2, 0.25) is 10.0 Å². The maximum atomic E-state index is 13.5. The van der Waals surface area contributed by atoms with Gasteiger partial charge in [0.05, 0.1) is 16.5 Å². The molecule has 0 aliphatic rings. The minimum Gasteiger partial charge on any atom is -0.392 e. The summed E-state index contributed by atoms with van der Waals surface area (Å²) in [6, 6.07) is 2.06. The number of sulfonamides is 1. The van der Waals surface area contributed by atoms with Crippen molar-refractivity contribution >= 4 is 21.6 Å². The molecule has 0 unspecified atom stereocenters. The molecule has 7 heteroatoms. The summed E-state index contributed by atoms with van der Waals surface area (Å²) in [6.07, 6.45) is 0. The number of hydrogen-bond donors (Lipinski definition) is 1. The van der Waals surface area contributed by atoms with Gasteiger partial charge < -0.3 is 5.11 Å². The van der Waals surface area contributed by atoms with Crippen LogP contribution in [-0.2, 0) is 16.6 Å². The van der Waals surface area contributed by atoms with Crippen LogP contribution < -0.4 is 0 Å². The molecule has 4 nitrogen and oxygen atoms in total. The average molecular weight is 296 g/mol. The summed E-state index contributed by atoms with van der Waals surface area (Å²) in [5, 5.41) is 8.77. The lowest BCUT2D eigenvalue weighted by atomic mass is 10.2. The summed E-state index contributed by atoms with van der Waals surface area (Å²) in [6.45, 7) is 3.45. The van der Waals surface area contributed by atoms with Crippen molar-refractivity contribution in [1.82, 2.24) is 4.31 Å². The van der Waals surface area contributed by atoms with Crippen LogP contribution in [0.5, 0.6) is 0 Å². The van der Waals surface area contributed by atoms with Crippen LogP contribution in [0.3, 0.4) is 0 Å². The van der Waals surface area contributed by atoms with Crippen LogP contribution in [0.2, 0.25) is 5.02 Å². The Kier molecular flexibility index (Phi) is 5.10. The van der Waals surface area contributed by atoms with Crippen LogP contribution in [0, 0.1) is 5.82 Å². The number of benzene rings is 1. The molecule has 1 aromatic carbocycles. The maximum absolute atomic E-state index is 13.5. The second kappa shape index (κ2) is 5.97. The Balaban J connectivity index is 3.38. The first-order valence-electron chi connectivity index (χ1n) is 5.47. The Labute approximate surface area is 111 Å². The molecule has 1 rings (SSSR count). The van der Waals surface area contributed by atoms with E-state index >= 15 is 0 Å². The first-order chi connectivity index (χ1) is 8.38. The number of aliphatic hydroxyl groups excluding tert-OH is 1. The molecule has 0 heterocycles. The predicted octanol–water partition coefficient (Wildman–Crippen LogP) is 2.00. The van der Waals surface area contributed by atoms with Gasteiger partial charge in [-0.15, -0.1) is 0 Å². The van der Waals surface area contributed by atoms with E-state index in [1.54, 1.807) is 13.8 Å². The van der Waals surface area contributed by atoms with Gasteiger partial charge in [0.1, 0.15) is 5.82 Å². The first kappa shape index (κ1) is 15.4. The lowest BCUT2D eigenvalue weighted by Crippen LogP contribution is -2.30. The average Bonchev–Trinajstić information content (AvgIpc) is 2.33. The van der Waals surface area contributed by atoms with Gasteiger partial charge in [-0.1, -0.05) is 25.4 Å². The summed E-state index contributed by atoms with van der Waals surface area (Å²) >= 11 is 5.62. The van der Waals surface area contributed by atoms with E-state index in [4.69, 9.17) is 16.7 Å². The second-order valence-corrected chi connectivity index (χ2v) is 5.94. The molecule has 1 aromatic rings. The lowest BCUT2D eigenvalue weighted by Gasteiger charge is -2.19. The van der Waals surface area contributed by atoms with Gasteiger partial charge >= 0.3 is 0 Å². The summed E-state index contributed by atoms with van der Waals surface area (Å²) in [4.78, 5) is -0.197. The first-order valence-corrected chi connectivity index (χ1v) is 7.29. The highest BCUT2D eigenvalue weighted by Gasteiger charge is 2.24. The van der Waals surface area contributed by atoms with E-state index in [-0.39, 0.29) is 28.6 Å². The fraction of sp³-hybridized carbons (Fsp3) is 0.455. The highest BCUT2D eigenvalue weighted by atomic mass is 35.5. The maximum Gasteiger partial charge on any atom is 0.243 e. The highest BCUT2D eigenvalue weighted by molar-refractivity contribution is 7.89. The van der Waals surface area contributed by atoms with Crippen LogP contribution in [-0.4, -0.2) is 30.9 Å². The SMILES string of the molecule is CCN(CC)S(=O)(=O)c1cc(F)c(Cl)c(CO)c1. The molecule has 18 heavy (non-hydrogen) atoms. The molecule has 0 atom stereocenters. The van der Waals surface area contributed by atoms with E-state index in [2.05, 4.69) is 0 Å². The fourth-order valence-corrected chi connectivity index (χ4v) is 3.29. The van der Waals surface area contributed by atoms with Gasteiger partial charge in [0.25, 0.3) is 0 Å². The minimum atomic E-state index is -3.75. The van der Waals surface area contributed by atoms with Gasteiger partial charge in [0, 0.05) is 18.7 Å². The number of aliphatic hydroxyl groups is 1. The van der Waals surface area contributed by atoms with Gasteiger partial charge in [-0.3, -0.25) is 0 Å². The molecular formula is C11H15ClFNO3S. The quantitative estimate of drug-likeness (QED) is 0.904. The number of nitrogens with zero attached hydrogens (tertiary/aromatic N) is 1. The summed E-state index contributed by atoms with van der Waals surface area (Å²) in [7, 11) is -3.75. The Morgan fingerprint density at radius 3 is 2.33 bits per heavy atom. The number of halogens is 2. The lowest BCUT2D eigenvalue weighted by molar-refractivity contribution is 0.281. The van der Waals surface area contributed by atoms with Crippen LogP contribution >= 0.6 is 11.6 Å². The largest absolute Gasteiger partial charge is 0.392 e. The van der Waals surface area contributed by atoms with E-state index in [0.717, 1.165) is 6.07 Å². The minimum absolute atomic E-state index is 0.0578. The van der Waals surface area contributed by atoms with Gasteiger partial charge in [0.15, 0.2) is 0 Å². The van der Waals surface area contributed by atoms with E-state index in [1.807, 2.05) is 0 Å². The monoisotopic (exact) mass is 295 g/mol. The van der Waals surface area contributed by atoms with E-state index in [0.29, 0.717) is 0 Å². The Hall–Kier alpha value is -0.690. The third-order valence-corrected chi connectivity index (χ3v) is 5.04. The van der Waals surface area contributed by atoms with E-state index in [1.165, 1.54) is 10.4 Å². The Bertz CT molecular complexity index is 529. The van der Waals surface area contributed by atoms with Crippen molar-refractivity contribution in [1.29, 1.82) is 0 Å². The zero-order valence-corrected chi connectivity index (χ0v) is 11.7. The van der Waals surface area contributed by atoms with Crippen molar-refractivity contribution in [2.75, 3.05) is 13.1 Å². The van der Waals surface area contributed by atoms with Crippen molar-refractivity contribution in [3.8, 4) is 0 Å². The molecule has 0 spiro atoms. The highest BCUT2D eigenvalue weighted by Crippen LogP contribution is 2.26. The molecule has 0 aliphatic carbocycles. The summed E-state index contributed by atoms with van der Waals surface area (Å²) in [5.41, 5.74) is 0.0578. The predicted molar refractivity (Wildman–Crippen MR) is 67.4 cm³/mol. The molecule has 0 saturated heterocycles.